The van der Waals surface area contributed by atoms with Gasteiger partial charge in [-0.3, -0.25) is 14.6 Å². The predicted octanol–water partition coefficient (Wildman–Crippen LogP) is 2.45. The molecule has 4 nitrogen and oxygen atoms in total. The summed E-state index contributed by atoms with van der Waals surface area (Å²) in [5.74, 6) is -0.233. The van der Waals surface area contributed by atoms with E-state index in [1.807, 2.05) is 0 Å². The number of nitrogens with one attached hydrogen (secondary N) is 1. The van der Waals surface area contributed by atoms with E-state index in [9.17, 15) is 9.59 Å². The minimum absolute atomic E-state index is 0.233. The molecule has 0 unspecified atom stereocenters. The van der Waals surface area contributed by atoms with Crippen molar-refractivity contribution in [2.75, 3.05) is 5.32 Å². The molecule has 90 valence electrons. The van der Waals surface area contributed by atoms with Gasteiger partial charge in [-0.1, -0.05) is 12.1 Å². The van der Waals surface area contributed by atoms with Crippen LogP contribution in [-0.2, 0) is 0 Å². The summed E-state index contributed by atoms with van der Waals surface area (Å²) in [6.07, 6.45) is 2.38. The molecule has 0 atom stereocenters. The van der Waals surface area contributed by atoms with Crippen molar-refractivity contribution in [3.8, 4) is 0 Å². The molecule has 4 heteroatoms. The minimum Gasteiger partial charge on any atom is -0.322 e. The normalized spacial score (nSPS) is 9.83. The van der Waals surface area contributed by atoms with Crippen molar-refractivity contribution < 1.29 is 9.59 Å². The Labute approximate surface area is 105 Å². The van der Waals surface area contributed by atoms with Gasteiger partial charge < -0.3 is 5.32 Å². The number of carbonyl (C=O) groups excluding carboxylic acids is 2. The lowest BCUT2D eigenvalue weighted by atomic mass is 10.1. The zero-order valence-electron chi connectivity index (χ0n) is 9.88. The lowest BCUT2D eigenvalue weighted by molar-refractivity contribution is 0.102. The molecule has 0 saturated heterocycles. The van der Waals surface area contributed by atoms with Gasteiger partial charge in [0.25, 0.3) is 5.91 Å². The molecule has 2 aromatic rings. The van der Waals surface area contributed by atoms with E-state index < -0.39 is 0 Å². The van der Waals surface area contributed by atoms with Gasteiger partial charge in [-0.05, 0) is 31.2 Å². The van der Waals surface area contributed by atoms with Crippen LogP contribution in [0.25, 0.3) is 0 Å². The molecule has 1 aromatic carbocycles. The van der Waals surface area contributed by atoms with E-state index in [-0.39, 0.29) is 5.91 Å². The Hall–Kier alpha value is -2.49. The number of pyridine rings is 1. The topological polar surface area (TPSA) is 59.1 Å². The van der Waals surface area contributed by atoms with Crippen molar-refractivity contribution in [1.29, 1.82) is 0 Å². The summed E-state index contributed by atoms with van der Waals surface area (Å²) in [5.41, 5.74) is 2.30. The van der Waals surface area contributed by atoms with Gasteiger partial charge >= 0.3 is 0 Å². The molecule has 1 aromatic heterocycles. The number of carbonyl (C=O) groups is 2. The third-order valence-corrected chi connectivity index (χ3v) is 2.53. The Morgan fingerprint density at radius 1 is 1.28 bits per heavy atom. The molecule has 1 N–H and O–H groups in total. The second kappa shape index (κ2) is 5.23. The number of rotatable bonds is 3. The molecule has 0 aliphatic rings. The van der Waals surface area contributed by atoms with E-state index in [0.717, 1.165) is 6.29 Å². The molecular formula is C14H12N2O2. The highest BCUT2D eigenvalue weighted by molar-refractivity contribution is 6.05. The Bertz CT molecular complexity index is 594. The van der Waals surface area contributed by atoms with Gasteiger partial charge in [0.1, 0.15) is 6.29 Å². The fraction of sp³-hybridized carbons (Fsp3) is 0.0714. The number of hydrogen-bond donors (Lipinski definition) is 1. The summed E-state index contributed by atoms with van der Waals surface area (Å²) in [6, 6.07) is 10.2. The van der Waals surface area contributed by atoms with E-state index in [2.05, 4.69) is 10.3 Å². The van der Waals surface area contributed by atoms with Gasteiger partial charge in [0.05, 0.1) is 5.56 Å². The van der Waals surface area contributed by atoms with Crippen molar-refractivity contribution >= 4 is 17.9 Å². The van der Waals surface area contributed by atoms with E-state index >= 15 is 0 Å². The van der Waals surface area contributed by atoms with Crippen LogP contribution in [0.2, 0.25) is 0 Å². The zero-order valence-corrected chi connectivity index (χ0v) is 9.88. The van der Waals surface area contributed by atoms with E-state index in [1.54, 1.807) is 49.5 Å². The molecule has 18 heavy (non-hydrogen) atoms. The number of anilines is 1. The molecular weight excluding hydrogens is 228 g/mol. The van der Waals surface area contributed by atoms with Gasteiger partial charge in [-0.2, -0.15) is 0 Å². The average Bonchev–Trinajstić information content (AvgIpc) is 2.39. The van der Waals surface area contributed by atoms with Crippen LogP contribution >= 0.6 is 0 Å². The van der Waals surface area contributed by atoms with Gasteiger partial charge in [-0.25, -0.2) is 0 Å². The molecule has 1 heterocycles. The lowest BCUT2D eigenvalue weighted by Crippen LogP contribution is -2.14. The van der Waals surface area contributed by atoms with Crippen molar-refractivity contribution in [2.45, 2.75) is 6.92 Å². The third kappa shape index (κ3) is 2.60. The molecule has 1 amide bonds. The van der Waals surface area contributed by atoms with Crippen LogP contribution in [0.5, 0.6) is 0 Å². The molecule has 0 saturated carbocycles. The summed E-state index contributed by atoms with van der Waals surface area (Å²) < 4.78 is 0. The van der Waals surface area contributed by atoms with E-state index in [1.165, 1.54) is 0 Å². The van der Waals surface area contributed by atoms with Crippen LogP contribution in [0.1, 0.15) is 26.4 Å². The standard InChI is InChI=1S/C14H12N2O2/c1-10-13(6-3-7-15-10)14(18)16-12-5-2-4-11(8-12)9-17/h2-9H,1H3,(H,16,18). The third-order valence-electron chi connectivity index (χ3n) is 2.53. The van der Waals surface area contributed by atoms with Crippen LogP contribution in [0.3, 0.4) is 0 Å². The average molecular weight is 240 g/mol. The van der Waals surface area contributed by atoms with Crippen molar-refractivity contribution in [3.05, 3.63) is 59.4 Å². The number of aryl methyl sites for hydroxylation is 1. The maximum Gasteiger partial charge on any atom is 0.257 e. The van der Waals surface area contributed by atoms with Gasteiger partial charge in [0, 0.05) is 23.1 Å². The fourth-order valence-electron chi connectivity index (χ4n) is 1.61. The highest BCUT2D eigenvalue weighted by Gasteiger charge is 2.09. The SMILES string of the molecule is Cc1ncccc1C(=O)Nc1cccc(C=O)c1. The second-order valence-corrected chi connectivity index (χ2v) is 3.83. The summed E-state index contributed by atoms with van der Waals surface area (Å²) in [6.45, 7) is 1.77. The van der Waals surface area contributed by atoms with Crippen molar-refractivity contribution in [3.63, 3.8) is 0 Å². The number of aldehydes is 1. The Balaban J connectivity index is 2.21. The number of aromatic nitrogens is 1. The molecule has 0 spiro atoms. The highest BCUT2D eigenvalue weighted by Crippen LogP contribution is 2.12. The van der Waals surface area contributed by atoms with Crippen molar-refractivity contribution in [2.24, 2.45) is 0 Å². The van der Waals surface area contributed by atoms with Crippen LogP contribution in [0, 0.1) is 6.92 Å². The first-order valence-electron chi connectivity index (χ1n) is 5.49. The largest absolute Gasteiger partial charge is 0.322 e. The Morgan fingerprint density at radius 3 is 2.83 bits per heavy atom. The first-order chi connectivity index (χ1) is 8.70. The predicted molar refractivity (Wildman–Crippen MR) is 68.8 cm³/mol. The van der Waals surface area contributed by atoms with E-state index in [4.69, 9.17) is 0 Å². The number of benzene rings is 1. The first-order valence-corrected chi connectivity index (χ1v) is 5.49. The second-order valence-electron chi connectivity index (χ2n) is 3.83. The summed E-state index contributed by atoms with van der Waals surface area (Å²) in [4.78, 5) is 26.7. The minimum atomic E-state index is -0.233. The number of amides is 1. The maximum atomic E-state index is 12.0. The first kappa shape index (κ1) is 12.0. The van der Waals surface area contributed by atoms with E-state index in [0.29, 0.717) is 22.5 Å². The van der Waals surface area contributed by atoms with Crippen LogP contribution in [-0.4, -0.2) is 17.2 Å². The molecule has 0 radical (unpaired) electrons. The highest BCUT2D eigenvalue weighted by atomic mass is 16.1. The number of nitrogens with zero attached hydrogens (tertiary/aromatic N) is 1. The maximum absolute atomic E-state index is 12.0. The smallest absolute Gasteiger partial charge is 0.257 e. The van der Waals surface area contributed by atoms with Crippen LogP contribution in [0.15, 0.2) is 42.6 Å². The zero-order chi connectivity index (χ0) is 13.0. The molecule has 2 rings (SSSR count). The Kier molecular flexibility index (Phi) is 3.48. The number of hydrogen-bond acceptors (Lipinski definition) is 3. The summed E-state index contributed by atoms with van der Waals surface area (Å²) in [7, 11) is 0. The summed E-state index contributed by atoms with van der Waals surface area (Å²) >= 11 is 0. The Morgan fingerprint density at radius 2 is 2.11 bits per heavy atom. The van der Waals surface area contributed by atoms with Gasteiger partial charge in [-0.15, -0.1) is 0 Å². The lowest BCUT2D eigenvalue weighted by Gasteiger charge is -2.07. The molecule has 0 aliphatic carbocycles. The molecule has 0 bridgehead atoms. The monoisotopic (exact) mass is 240 g/mol. The van der Waals surface area contributed by atoms with Crippen molar-refractivity contribution in [1.82, 2.24) is 4.98 Å². The molecule has 0 aliphatic heterocycles. The fourth-order valence-corrected chi connectivity index (χ4v) is 1.61. The van der Waals surface area contributed by atoms with Gasteiger partial charge in [0.15, 0.2) is 0 Å². The van der Waals surface area contributed by atoms with Crippen LogP contribution in [0.4, 0.5) is 5.69 Å². The van der Waals surface area contributed by atoms with Crippen LogP contribution < -0.4 is 5.32 Å². The summed E-state index contributed by atoms with van der Waals surface area (Å²) in [5, 5.41) is 2.74. The quantitative estimate of drug-likeness (QED) is 0.838. The molecule has 0 fully saturated rings. The van der Waals surface area contributed by atoms with Gasteiger partial charge in [0.2, 0.25) is 0 Å².